The summed E-state index contributed by atoms with van der Waals surface area (Å²) in [6.07, 6.45) is 8.77. The fourth-order valence-corrected chi connectivity index (χ4v) is 2.91. The SMILES string of the molecule is CCCCNC(=O)OCCN(CCCC)C(=O)OCCN1CC=CC=C1C(N)CN.Cl.Cl.Cl. The molecule has 1 unspecified atom stereocenters. The third-order valence-corrected chi connectivity index (χ3v) is 4.75. The topological polar surface area (TPSA) is 123 Å². The van der Waals surface area contributed by atoms with Gasteiger partial charge in [0.15, 0.2) is 0 Å². The molecule has 12 heteroatoms. The number of nitrogens with zero attached hydrogens (tertiary/aromatic N) is 2. The largest absolute Gasteiger partial charge is 0.448 e. The zero-order valence-corrected chi connectivity index (χ0v) is 22.2. The highest BCUT2D eigenvalue weighted by Crippen LogP contribution is 2.12. The highest BCUT2D eigenvalue weighted by molar-refractivity contribution is 5.86. The van der Waals surface area contributed by atoms with Crippen molar-refractivity contribution in [2.24, 2.45) is 11.5 Å². The smallest absolute Gasteiger partial charge is 0.409 e. The molecule has 2 amide bonds. The molecule has 0 saturated heterocycles. The molecule has 1 aliphatic rings. The molecule has 1 rings (SSSR count). The molecule has 1 heterocycles. The molecule has 0 aliphatic carbocycles. The van der Waals surface area contributed by atoms with Crippen LogP contribution in [0.2, 0.25) is 0 Å². The highest BCUT2D eigenvalue weighted by atomic mass is 35.5. The molecule has 0 radical (unpaired) electrons. The Kier molecular flexibility index (Phi) is 24.6. The maximum atomic E-state index is 12.5. The van der Waals surface area contributed by atoms with Crippen LogP contribution in [0.5, 0.6) is 0 Å². The van der Waals surface area contributed by atoms with E-state index < -0.39 is 12.2 Å². The second kappa shape index (κ2) is 22.4. The number of nitrogens with one attached hydrogen (secondary N) is 1. The Morgan fingerprint density at radius 1 is 1.12 bits per heavy atom. The van der Waals surface area contributed by atoms with Gasteiger partial charge in [-0.25, -0.2) is 9.59 Å². The number of halogens is 3. The lowest BCUT2D eigenvalue weighted by molar-refractivity contribution is 0.0811. The lowest BCUT2D eigenvalue weighted by Crippen LogP contribution is -2.43. The first-order valence-electron chi connectivity index (χ1n) is 10.9. The second-order valence-electron chi connectivity index (χ2n) is 7.18. The molecule has 0 aromatic carbocycles. The summed E-state index contributed by atoms with van der Waals surface area (Å²) in [5, 5.41) is 2.69. The minimum absolute atomic E-state index is 0. The summed E-state index contributed by atoms with van der Waals surface area (Å²) in [5.41, 5.74) is 12.7. The van der Waals surface area contributed by atoms with E-state index in [0.717, 1.165) is 31.4 Å². The van der Waals surface area contributed by atoms with Crippen LogP contribution >= 0.6 is 37.2 Å². The van der Waals surface area contributed by atoms with E-state index in [1.165, 1.54) is 0 Å². The van der Waals surface area contributed by atoms with Gasteiger partial charge in [0.05, 0.1) is 19.1 Å². The zero-order valence-electron chi connectivity index (χ0n) is 19.7. The fourth-order valence-electron chi connectivity index (χ4n) is 2.91. The second-order valence-corrected chi connectivity index (χ2v) is 7.18. The minimum atomic E-state index is -0.457. The number of unbranched alkanes of at least 4 members (excludes halogenated alkanes) is 2. The van der Waals surface area contributed by atoms with E-state index in [0.29, 0.717) is 39.3 Å². The number of carbonyl (C=O) groups is 2. The molecule has 0 spiro atoms. The highest BCUT2D eigenvalue weighted by Gasteiger charge is 2.19. The third-order valence-electron chi connectivity index (χ3n) is 4.75. The van der Waals surface area contributed by atoms with Gasteiger partial charge < -0.3 is 36.1 Å². The maximum Gasteiger partial charge on any atom is 0.409 e. The number of amides is 2. The van der Waals surface area contributed by atoms with E-state index in [9.17, 15) is 9.59 Å². The predicted octanol–water partition coefficient (Wildman–Crippen LogP) is 3.06. The number of allylic oxidation sites excluding steroid dienone is 2. The van der Waals surface area contributed by atoms with Crippen LogP contribution in [0, 0.1) is 0 Å². The van der Waals surface area contributed by atoms with E-state index in [1.807, 2.05) is 18.2 Å². The molecule has 9 nitrogen and oxygen atoms in total. The Hall–Kier alpha value is -1.39. The third kappa shape index (κ3) is 15.2. The molecule has 1 atom stereocenters. The Labute approximate surface area is 216 Å². The molecular formula is C21H42Cl3N5O4. The van der Waals surface area contributed by atoms with Gasteiger partial charge >= 0.3 is 12.2 Å². The monoisotopic (exact) mass is 533 g/mol. The maximum absolute atomic E-state index is 12.5. The number of carbonyl (C=O) groups excluding carboxylic acids is 2. The van der Waals surface area contributed by atoms with Crippen LogP contribution < -0.4 is 16.8 Å². The van der Waals surface area contributed by atoms with E-state index in [4.69, 9.17) is 20.9 Å². The summed E-state index contributed by atoms with van der Waals surface area (Å²) in [6, 6.07) is -0.243. The molecular weight excluding hydrogens is 493 g/mol. The van der Waals surface area contributed by atoms with Crippen LogP contribution in [0.15, 0.2) is 23.9 Å². The van der Waals surface area contributed by atoms with Crippen LogP contribution in [0.1, 0.15) is 39.5 Å². The van der Waals surface area contributed by atoms with Gasteiger partial charge in [-0.1, -0.05) is 38.8 Å². The van der Waals surface area contributed by atoms with Crippen molar-refractivity contribution in [3.63, 3.8) is 0 Å². The Morgan fingerprint density at radius 3 is 2.45 bits per heavy atom. The van der Waals surface area contributed by atoms with Crippen molar-refractivity contribution in [1.82, 2.24) is 15.1 Å². The van der Waals surface area contributed by atoms with E-state index in [-0.39, 0.29) is 56.5 Å². The Morgan fingerprint density at radius 2 is 1.82 bits per heavy atom. The summed E-state index contributed by atoms with van der Waals surface area (Å²) in [6.45, 7) is 7.52. The minimum Gasteiger partial charge on any atom is -0.448 e. The van der Waals surface area contributed by atoms with Gasteiger partial charge in [-0.05, 0) is 18.9 Å². The predicted molar refractivity (Wildman–Crippen MR) is 140 cm³/mol. The number of hydrogen-bond acceptors (Lipinski definition) is 7. The van der Waals surface area contributed by atoms with E-state index in [1.54, 1.807) is 4.90 Å². The first-order valence-corrected chi connectivity index (χ1v) is 10.9. The lowest BCUT2D eigenvalue weighted by Gasteiger charge is -2.31. The quantitative estimate of drug-likeness (QED) is 0.293. The number of alkyl carbamates (subject to hydrolysis) is 1. The van der Waals surface area contributed by atoms with Crippen molar-refractivity contribution in [3.8, 4) is 0 Å². The molecule has 5 N–H and O–H groups in total. The average molecular weight is 535 g/mol. The summed E-state index contributed by atoms with van der Waals surface area (Å²) in [5.74, 6) is 0. The van der Waals surface area contributed by atoms with Gasteiger partial charge in [-0.15, -0.1) is 37.2 Å². The van der Waals surface area contributed by atoms with E-state index in [2.05, 4.69) is 24.1 Å². The summed E-state index contributed by atoms with van der Waals surface area (Å²) in [4.78, 5) is 27.8. The van der Waals surface area contributed by atoms with Gasteiger partial charge in [-0.2, -0.15) is 0 Å². The first kappa shape index (κ1) is 36.2. The van der Waals surface area contributed by atoms with Crippen LogP contribution in [-0.2, 0) is 9.47 Å². The van der Waals surface area contributed by atoms with Gasteiger partial charge in [0.25, 0.3) is 0 Å². The van der Waals surface area contributed by atoms with Gasteiger partial charge in [-0.3, -0.25) is 0 Å². The number of ether oxygens (including phenoxy) is 2. The van der Waals surface area contributed by atoms with Gasteiger partial charge in [0.1, 0.15) is 13.2 Å². The first-order chi connectivity index (χ1) is 14.5. The molecule has 0 saturated carbocycles. The summed E-state index contributed by atoms with van der Waals surface area (Å²) >= 11 is 0. The molecule has 1 aliphatic heterocycles. The normalized spacial score (nSPS) is 12.8. The number of nitrogens with two attached hydrogens (primary N) is 2. The van der Waals surface area contributed by atoms with Gasteiger partial charge in [0, 0.05) is 31.9 Å². The van der Waals surface area contributed by atoms with Crippen molar-refractivity contribution >= 4 is 49.4 Å². The van der Waals surface area contributed by atoms with Crippen molar-refractivity contribution in [2.75, 3.05) is 52.5 Å². The average Bonchev–Trinajstić information content (AvgIpc) is 2.76. The van der Waals surface area contributed by atoms with Crippen LogP contribution in [0.4, 0.5) is 9.59 Å². The molecule has 0 aromatic heterocycles. The fraction of sp³-hybridized carbons (Fsp3) is 0.714. The Balaban J connectivity index is -0.00000300. The van der Waals surface area contributed by atoms with Crippen molar-refractivity contribution in [2.45, 2.75) is 45.6 Å². The van der Waals surface area contributed by atoms with Crippen LogP contribution in [-0.4, -0.2) is 80.5 Å². The molecule has 0 aromatic rings. The van der Waals surface area contributed by atoms with Crippen LogP contribution in [0.3, 0.4) is 0 Å². The van der Waals surface area contributed by atoms with Crippen LogP contribution in [0.25, 0.3) is 0 Å². The standard InChI is InChI=1S/C21H39N5O4.3ClH/c1-3-5-10-24-20(27)29-15-14-26(11-6-4-2)21(28)30-16-13-25-12-8-7-9-19(25)18(23)17-22;;;/h7-9,18H,3-6,10-17,22-23H2,1-2H3,(H,24,27);3*1H. The summed E-state index contributed by atoms with van der Waals surface area (Å²) < 4.78 is 10.6. The number of hydrogen-bond donors (Lipinski definition) is 3. The number of rotatable bonds is 14. The summed E-state index contributed by atoms with van der Waals surface area (Å²) in [7, 11) is 0. The molecule has 0 fully saturated rings. The van der Waals surface area contributed by atoms with Crippen molar-refractivity contribution < 1.29 is 19.1 Å². The zero-order chi connectivity index (χ0) is 22.2. The molecule has 33 heavy (non-hydrogen) atoms. The molecule has 0 bridgehead atoms. The molecule has 196 valence electrons. The lowest BCUT2D eigenvalue weighted by atomic mass is 10.1. The van der Waals surface area contributed by atoms with Gasteiger partial charge in [0.2, 0.25) is 0 Å². The van der Waals surface area contributed by atoms with Crippen molar-refractivity contribution in [3.05, 3.63) is 23.9 Å². The Bertz CT molecular complexity index is 582. The van der Waals surface area contributed by atoms with Crippen molar-refractivity contribution in [1.29, 1.82) is 0 Å². The van der Waals surface area contributed by atoms with E-state index >= 15 is 0 Å².